The first-order valence-corrected chi connectivity index (χ1v) is 11.3. The predicted octanol–water partition coefficient (Wildman–Crippen LogP) is 3.41. The Morgan fingerprint density at radius 2 is 1.73 bits per heavy atom. The minimum absolute atomic E-state index is 0.0128. The summed E-state index contributed by atoms with van der Waals surface area (Å²) in [6.45, 7) is 10.9. The maximum atomic E-state index is 12.9. The Morgan fingerprint density at radius 3 is 2.24 bits per heavy atom. The molecule has 6 nitrogen and oxygen atoms in total. The minimum Gasteiger partial charge on any atom is -0.469 e. The molecule has 0 saturated carbocycles. The van der Waals surface area contributed by atoms with E-state index in [-0.39, 0.29) is 36.4 Å². The van der Waals surface area contributed by atoms with Crippen molar-refractivity contribution >= 4 is 24.5 Å². The molecule has 1 aliphatic rings. The minimum atomic E-state index is -0.393. The molecule has 1 unspecified atom stereocenters. The number of hydrogen-bond acceptors (Lipinski definition) is 5. The molecular weight excluding hydrogens is 417 g/mol. The van der Waals surface area contributed by atoms with Crippen molar-refractivity contribution in [3.63, 3.8) is 0 Å². The van der Waals surface area contributed by atoms with Crippen molar-refractivity contribution in [1.29, 1.82) is 0 Å². The van der Waals surface area contributed by atoms with Crippen molar-refractivity contribution < 1.29 is 23.6 Å². The van der Waals surface area contributed by atoms with Crippen LogP contribution in [-0.4, -0.2) is 44.4 Å². The average molecular weight is 451 g/mol. The fourth-order valence-electron chi connectivity index (χ4n) is 3.74. The van der Waals surface area contributed by atoms with Crippen molar-refractivity contribution in [2.45, 2.75) is 64.5 Å². The van der Waals surface area contributed by atoms with Gasteiger partial charge in [0.15, 0.2) is 0 Å². The highest BCUT2D eigenvalue weighted by atomic mass is 16.7. The summed E-state index contributed by atoms with van der Waals surface area (Å²) < 4.78 is 16.5. The van der Waals surface area contributed by atoms with Crippen molar-refractivity contribution in [3.8, 4) is 0 Å². The van der Waals surface area contributed by atoms with Crippen LogP contribution in [0, 0.1) is 0 Å². The van der Waals surface area contributed by atoms with Crippen LogP contribution in [0.15, 0.2) is 48.5 Å². The van der Waals surface area contributed by atoms with Crippen molar-refractivity contribution in [1.82, 2.24) is 5.32 Å². The lowest BCUT2D eigenvalue weighted by atomic mass is 9.78. The maximum Gasteiger partial charge on any atom is 0.494 e. The van der Waals surface area contributed by atoms with Gasteiger partial charge >= 0.3 is 13.1 Å². The fourth-order valence-corrected chi connectivity index (χ4v) is 3.74. The Morgan fingerprint density at radius 1 is 1.09 bits per heavy atom. The number of benzene rings is 2. The number of carbonyl (C=O) groups is 2. The van der Waals surface area contributed by atoms with E-state index in [9.17, 15) is 9.59 Å². The van der Waals surface area contributed by atoms with E-state index in [0.717, 1.165) is 16.6 Å². The molecule has 1 N–H and O–H groups in total. The molecule has 33 heavy (non-hydrogen) atoms. The molecule has 2 aromatic rings. The molecule has 0 aliphatic carbocycles. The molecule has 1 atom stereocenters. The summed E-state index contributed by atoms with van der Waals surface area (Å²) in [7, 11) is 0.973. The monoisotopic (exact) mass is 451 g/mol. The lowest BCUT2D eigenvalue weighted by Crippen LogP contribution is -2.38. The highest BCUT2D eigenvalue weighted by Crippen LogP contribution is 2.22. The summed E-state index contributed by atoms with van der Waals surface area (Å²) in [6, 6.07) is 15.1. The Hall–Kier alpha value is -2.64. The molecule has 3 rings (SSSR count). The summed E-state index contributed by atoms with van der Waals surface area (Å²) in [6.07, 6.45) is 0.589. The molecule has 7 heteroatoms. The molecule has 1 saturated heterocycles. The Labute approximate surface area is 197 Å². The highest BCUT2D eigenvalue weighted by Gasteiger charge is 2.38. The van der Waals surface area contributed by atoms with Gasteiger partial charge in [-0.05, 0) is 54.4 Å². The van der Waals surface area contributed by atoms with E-state index in [0.29, 0.717) is 18.6 Å². The van der Waals surface area contributed by atoms with Crippen molar-refractivity contribution in [2.24, 2.45) is 0 Å². The summed E-state index contributed by atoms with van der Waals surface area (Å²) in [5.74, 6) is -0.578. The van der Waals surface area contributed by atoms with E-state index in [1.165, 1.54) is 7.11 Å². The number of esters is 1. The summed E-state index contributed by atoms with van der Waals surface area (Å²) >= 11 is 0. The van der Waals surface area contributed by atoms with Crippen LogP contribution in [0.1, 0.15) is 62.5 Å². The Bertz CT molecular complexity index is 964. The normalized spacial score (nSPS) is 16.4. The number of rotatable bonds is 7. The van der Waals surface area contributed by atoms with Gasteiger partial charge in [-0.15, -0.1) is 0 Å². The lowest BCUT2D eigenvalue weighted by molar-refractivity contribution is -0.141. The van der Waals surface area contributed by atoms with Crippen LogP contribution in [0.2, 0.25) is 0 Å². The first-order valence-electron chi connectivity index (χ1n) is 11.3. The van der Waals surface area contributed by atoms with E-state index in [1.54, 1.807) is 0 Å². The average Bonchev–Trinajstić information content (AvgIpc) is 3.13. The van der Waals surface area contributed by atoms with Crippen LogP contribution in [0.25, 0.3) is 0 Å². The number of carbonyl (C=O) groups excluding carboxylic acids is 2. The first-order chi connectivity index (χ1) is 15.5. The second-order valence-electron chi connectivity index (χ2n) is 10.2. The van der Waals surface area contributed by atoms with Crippen LogP contribution in [0.5, 0.6) is 0 Å². The molecule has 1 heterocycles. The topological polar surface area (TPSA) is 73.9 Å². The van der Waals surface area contributed by atoms with Gasteiger partial charge in [0.1, 0.15) is 0 Å². The molecule has 1 amide bonds. The smallest absolute Gasteiger partial charge is 0.469 e. The van der Waals surface area contributed by atoms with Crippen LogP contribution < -0.4 is 10.8 Å². The second kappa shape index (κ2) is 10.1. The van der Waals surface area contributed by atoms with Gasteiger partial charge < -0.3 is 19.4 Å². The van der Waals surface area contributed by atoms with Crippen molar-refractivity contribution in [3.05, 3.63) is 65.2 Å². The van der Waals surface area contributed by atoms with Crippen LogP contribution in [0.3, 0.4) is 0 Å². The summed E-state index contributed by atoms with van der Waals surface area (Å²) in [5, 5.41) is 3.00. The largest absolute Gasteiger partial charge is 0.494 e. The van der Waals surface area contributed by atoms with Gasteiger partial charge in [-0.3, -0.25) is 9.59 Å². The van der Waals surface area contributed by atoms with Crippen molar-refractivity contribution in [2.75, 3.05) is 13.7 Å². The van der Waals surface area contributed by atoms with Gasteiger partial charge in [-0.2, -0.15) is 0 Å². The third-order valence-electron chi connectivity index (χ3n) is 5.73. The standard InChI is InChI=1S/C26H34BNO5/c1-25(2,3)20-11-9-19(10-12-20)24(30)28-22(16-23(29)31-6)15-18-7-13-21(14-8-18)27-32-17-26(4,5)33-27/h7-14,22H,15-17H2,1-6H3,(H,28,30). The SMILES string of the molecule is COC(=O)CC(Cc1ccc(B2OCC(C)(C)O2)cc1)NC(=O)c1ccc(C(C)(C)C)cc1. The third-order valence-corrected chi connectivity index (χ3v) is 5.73. The Balaban J connectivity index is 1.68. The number of hydrogen-bond donors (Lipinski definition) is 1. The molecule has 2 aromatic carbocycles. The quantitative estimate of drug-likeness (QED) is 0.516. The first kappa shape index (κ1) is 25.0. The van der Waals surface area contributed by atoms with Gasteiger partial charge in [0, 0.05) is 11.6 Å². The van der Waals surface area contributed by atoms with Gasteiger partial charge in [0.05, 0.1) is 25.7 Å². The molecule has 0 spiro atoms. The molecule has 1 aliphatic heterocycles. The molecule has 1 fully saturated rings. The zero-order chi connectivity index (χ0) is 24.2. The van der Waals surface area contributed by atoms with Gasteiger partial charge in [-0.1, -0.05) is 57.2 Å². The molecule has 176 valence electrons. The van der Waals surface area contributed by atoms with Crippen LogP contribution in [-0.2, 0) is 30.7 Å². The van der Waals surface area contributed by atoms with Gasteiger partial charge in [-0.25, -0.2) is 0 Å². The van der Waals surface area contributed by atoms with E-state index >= 15 is 0 Å². The second-order valence-corrected chi connectivity index (χ2v) is 10.2. The number of amides is 1. The molecule has 0 radical (unpaired) electrons. The van der Waals surface area contributed by atoms with Crippen LogP contribution in [0.4, 0.5) is 0 Å². The molecule has 0 bridgehead atoms. The summed E-state index contributed by atoms with van der Waals surface area (Å²) in [5.41, 5.74) is 3.36. The van der Waals surface area contributed by atoms with E-state index < -0.39 is 6.04 Å². The zero-order valence-electron chi connectivity index (χ0n) is 20.4. The Kier molecular flexibility index (Phi) is 7.65. The van der Waals surface area contributed by atoms with E-state index in [2.05, 4.69) is 26.1 Å². The third kappa shape index (κ3) is 6.92. The fraction of sp³-hybridized carbons (Fsp3) is 0.462. The number of nitrogens with one attached hydrogen (secondary N) is 1. The van der Waals surface area contributed by atoms with Crippen LogP contribution >= 0.6 is 0 Å². The van der Waals surface area contributed by atoms with Gasteiger partial charge in [0.2, 0.25) is 0 Å². The maximum absolute atomic E-state index is 12.9. The molecule has 0 aromatic heterocycles. The summed E-state index contributed by atoms with van der Waals surface area (Å²) in [4.78, 5) is 24.8. The van der Waals surface area contributed by atoms with E-state index in [4.69, 9.17) is 14.0 Å². The van der Waals surface area contributed by atoms with Gasteiger partial charge in [0.25, 0.3) is 5.91 Å². The van der Waals surface area contributed by atoms with E-state index in [1.807, 2.05) is 62.4 Å². The number of ether oxygens (including phenoxy) is 1. The lowest BCUT2D eigenvalue weighted by Gasteiger charge is -2.20. The zero-order valence-corrected chi connectivity index (χ0v) is 20.4. The highest BCUT2D eigenvalue weighted by molar-refractivity contribution is 6.61. The number of methoxy groups -OCH3 is 1. The molecular formula is C26H34BNO5. The predicted molar refractivity (Wildman–Crippen MR) is 130 cm³/mol.